The molecule has 0 unspecified atom stereocenters. The van der Waals surface area contributed by atoms with Crippen molar-refractivity contribution in [1.29, 1.82) is 0 Å². The number of ether oxygens (including phenoxy) is 2. The third-order valence-corrected chi connectivity index (χ3v) is 5.05. The molecule has 0 bridgehead atoms. The molecule has 7 nitrogen and oxygen atoms in total. The summed E-state index contributed by atoms with van der Waals surface area (Å²) in [4.78, 5) is 24.3. The minimum absolute atomic E-state index is 0.250. The largest absolute Gasteiger partial charge is 0.497 e. The Balaban J connectivity index is 1.83. The second-order valence-corrected chi connectivity index (χ2v) is 7.44. The van der Waals surface area contributed by atoms with Crippen LogP contribution < -0.4 is 20.3 Å². The van der Waals surface area contributed by atoms with Gasteiger partial charge in [0, 0.05) is 24.3 Å². The summed E-state index contributed by atoms with van der Waals surface area (Å²) in [5.74, 6) is -0.237. The quantitative estimate of drug-likeness (QED) is 0.186. The number of carbonyl (C=O) groups is 2. The van der Waals surface area contributed by atoms with Gasteiger partial charge in [0.25, 0.3) is 11.8 Å². The predicted molar refractivity (Wildman–Crippen MR) is 131 cm³/mol. The van der Waals surface area contributed by atoms with Gasteiger partial charge in [-0.05, 0) is 58.7 Å². The molecule has 180 valence electrons. The summed E-state index contributed by atoms with van der Waals surface area (Å²) in [6, 6.07) is 18.1. The summed E-state index contributed by atoms with van der Waals surface area (Å²) in [7, 11) is 3.08. The second-order valence-electron chi connectivity index (χ2n) is 7.44. The Hall–Kier alpha value is -4.43. The van der Waals surface area contributed by atoms with E-state index in [9.17, 15) is 14.0 Å². The molecular formula is C27H25FN2O5. The molecule has 3 N–H and O–H groups in total. The van der Waals surface area contributed by atoms with Gasteiger partial charge in [-0.15, -0.1) is 0 Å². The number of hydrogen-bond donors (Lipinski definition) is 3. The highest BCUT2D eigenvalue weighted by Gasteiger charge is 2.13. The van der Waals surface area contributed by atoms with Crippen molar-refractivity contribution in [3.05, 3.63) is 101 Å². The van der Waals surface area contributed by atoms with Crippen molar-refractivity contribution in [2.45, 2.75) is 6.54 Å². The summed E-state index contributed by atoms with van der Waals surface area (Å²) in [6.45, 7) is 0.250. The van der Waals surface area contributed by atoms with Crippen LogP contribution in [0.15, 0.2) is 72.8 Å². The molecule has 8 heteroatoms. The number of rotatable bonds is 9. The fourth-order valence-corrected chi connectivity index (χ4v) is 3.22. The van der Waals surface area contributed by atoms with E-state index in [0.717, 1.165) is 11.1 Å². The monoisotopic (exact) mass is 476 g/mol. The van der Waals surface area contributed by atoms with Crippen molar-refractivity contribution in [1.82, 2.24) is 10.8 Å². The minimum atomic E-state index is -0.630. The molecule has 0 atom stereocenters. The molecule has 0 spiro atoms. The number of carbonyl (C=O) groups excluding carboxylic acids is 2. The van der Waals surface area contributed by atoms with E-state index in [1.807, 2.05) is 12.1 Å². The number of halogens is 1. The van der Waals surface area contributed by atoms with Gasteiger partial charge >= 0.3 is 0 Å². The predicted octanol–water partition coefficient (Wildman–Crippen LogP) is 4.22. The average molecular weight is 477 g/mol. The van der Waals surface area contributed by atoms with Crippen molar-refractivity contribution in [3.63, 3.8) is 0 Å². The zero-order chi connectivity index (χ0) is 25.2. The highest BCUT2D eigenvalue weighted by atomic mass is 19.1. The molecule has 2 amide bonds. The number of hydrogen-bond acceptors (Lipinski definition) is 5. The van der Waals surface area contributed by atoms with Gasteiger partial charge in [-0.2, -0.15) is 0 Å². The molecule has 0 aliphatic rings. The lowest BCUT2D eigenvalue weighted by atomic mass is 10.0. The van der Waals surface area contributed by atoms with E-state index in [4.69, 9.17) is 14.7 Å². The summed E-state index contributed by atoms with van der Waals surface area (Å²) in [5, 5.41) is 11.4. The molecule has 0 fully saturated rings. The number of benzene rings is 3. The third-order valence-electron chi connectivity index (χ3n) is 5.05. The van der Waals surface area contributed by atoms with Crippen LogP contribution in [0.1, 0.15) is 22.3 Å². The minimum Gasteiger partial charge on any atom is -0.497 e. The Kier molecular flexibility index (Phi) is 8.75. The van der Waals surface area contributed by atoms with Gasteiger partial charge in [-0.25, -0.2) is 9.87 Å². The Morgan fingerprint density at radius 3 is 2.11 bits per heavy atom. The highest BCUT2D eigenvalue weighted by Crippen LogP contribution is 2.26. The number of methoxy groups -OCH3 is 2. The maximum absolute atomic E-state index is 13.5. The molecule has 0 heterocycles. The van der Waals surface area contributed by atoms with Gasteiger partial charge in [0.2, 0.25) is 0 Å². The molecular weight excluding hydrogens is 451 g/mol. The summed E-state index contributed by atoms with van der Waals surface area (Å²) in [6.07, 6.45) is 4.43. The normalized spacial score (nSPS) is 11.3. The summed E-state index contributed by atoms with van der Waals surface area (Å²) in [5.41, 5.74) is 4.68. The van der Waals surface area contributed by atoms with E-state index in [-0.39, 0.29) is 12.5 Å². The van der Waals surface area contributed by atoms with Crippen LogP contribution in [0.2, 0.25) is 0 Å². The maximum Gasteiger partial charge on any atom is 0.267 e. The van der Waals surface area contributed by atoms with Crippen LogP contribution in [0, 0.1) is 5.82 Å². The molecule has 0 saturated heterocycles. The highest BCUT2D eigenvalue weighted by molar-refractivity contribution is 6.24. The summed E-state index contributed by atoms with van der Waals surface area (Å²) < 4.78 is 24.1. The fourth-order valence-electron chi connectivity index (χ4n) is 3.22. The van der Waals surface area contributed by atoms with Gasteiger partial charge in [0.15, 0.2) is 0 Å². The van der Waals surface area contributed by atoms with Gasteiger partial charge in [0.05, 0.1) is 14.2 Å². The summed E-state index contributed by atoms with van der Waals surface area (Å²) >= 11 is 0. The van der Waals surface area contributed by atoms with Crippen molar-refractivity contribution >= 4 is 29.5 Å². The van der Waals surface area contributed by atoms with Crippen molar-refractivity contribution in [3.8, 4) is 11.5 Å². The molecule has 3 aromatic rings. The lowest BCUT2D eigenvalue weighted by Gasteiger charge is -2.12. The smallest absolute Gasteiger partial charge is 0.267 e. The number of nitrogens with one attached hydrogen (secondary N) is 2. The first-order chi connectivity index (χ1) is 16.9. The topological polar surface area (TPSA) is 96.9 Å². The van der Waals surface area contributed by atoms with Crippen LogP contribution in [0.5, 0.6) is 11.5 Å². The molecule has 3 aromatic carbocycles. The first-order valence-electron chi connectivity index (χ1n) is 10.6. The van der Waals surface area contributed by atoms with Crippen LogP contribution in [0.4, 0.5) is 4.39 Å². The SMILES string of the molecule is COc1cc(/C=C(\C(=O)NCc2ccc(/C=C/C(=O)NO)cc2)c2ccc(F)cc2)cc(OC)c1. The molecule has 0 aliphatic carbocycles. The van der Waals surface area contributed by atoms with Crippen molar-refractivity contribution < 1.29 is 28.7 Å². The maximum atomic E-state index is 13.5. The molecule has 0 aliphatic heterocycles. The second kappa shape index (κ2) is 12.2. The fraction of sp³-hybridized carbons (Fsp3) is 0.111. The molecule has 3 rings (SSSR count). The van der Waals surface area contributed by atoms with Crippen LogP contribution in [0.3, 0.4) is 0 Å². The zero-order valence-corrected chi connectivity index (χ0v) is 19.2. The molecule has 0 radical (unpaired) electrons. The lowest BCUT2D eigenvalue weighted by molar-refractivity contribution is -0.124. The van der Waals surface area contributed by atoms with Gasteiger partial charge < -0.3 is 14.8 Å². The molecule has 0 saturated carbocycles. The van der Waals surface area contributed by atoms with E-state index < -0.39 is 11.7 Å². The Bertz CT molecular complexity index is 1210. The number of hydroxylamine groups is 1. The Morgan fingerprint density at radius 1 is 0.914 bits per heavy atom. The van der Waals surface area contributed by atoms with E-state index in [1.165, 1.54) is 37.9 Å². The first-order valence-corrected chi connectivity index (χ1v) is 10.6. The van der Waals surface area contributed by atoms with E-state index >= 15 is 0 Å². The Labute approximate surface area is 202 Å². The third kappa shape index (κ3) is 7.28. The van der Waals surface area contributed by atoms with Crippen LogP contribution in [-0.2, 0) is 16.1 Å². The zero-order valence-electron chi connectivity index (χ0n) is 19.2. The molecule has 35 heavy (non-hydrogen) atoms. The van der Waals surface area contributed by atoms with Gasteiger partial charge in [0.1, 0.15) is 17.3 Å². The van der Waals surface area contributed by atoms with Gasteiger partial charge in [-0.3, -0.25) is 14.8 Å². The molecule has 0 aromatic heterocycles. The Morgan fingerprint density at radius 2 is 1.54 bits per heavy atom. The van der Waals surface area contributed by atoms with Crippen LogP contribution >= 0.6 is 0 Å². The van der Waals surface area contributed by atoms with Crippen LogP contribution in [-0.4, -0.2) is 31.2 Å². The first kappa shape index (κ1) is 25.2. The van der Waals surface area contributed by atoms with E-state index in [0.29, 0.717) is 28.2 Å². The lowest BCUT2D eigenvalue weighted by Crippen LogP contribution is -2.23. The standard InChI is InChI=1S/C27H25FN2O5/c1-34-23-13-20(14-24(16-23)35-2)15-25(21-8-10-22(28)11-9-21)27(32)29-17-19-5-3-18(4-6-19)7-12-26(31)30-33/h3-16,33H,17H2,1-2H3,(H,29,32)(H,30,31)/b12-7+,25-15-. The van der Waals surface area contributed by atoms with Crippen LogP contribution in [0.25, 0.3) is 17.7 Å². The van der Waals surface area contributed by atoms with Crippen molar-refractivity contribution in [2.75, 3.05) is 14.2 Å². The average Bonchev–Trinajstić information content (AvgIpc) is 2.89. The van der Waals surface area contributed by atoms with Crippen molar-refractivity contribution in [2.24, 2.45) is 0 Å². The number of amides is 2. The van der Waals surface area contributed by atoms with Gasteiger partial charge in [-0.1, -0.05) is 36.4 Å². The van der Waals surface area contributed by atoms with E-state index in [1.54, 1.807) is 54.6 Å². The van der Waals surface area contributed by atoms with E-state index in [2.05, 4.69) is 5.32 Å².